The fraction of sp³-hybridized carbons (Fsp3) is 0.500. The van der Waals surface area contributed by atoms with Gasteiger partial charge in [0.25, 0.3) is 5.91 Å². The first-order chi connectivity index (χ1) is 8.50. The van der Waals surface area contributed by atoms with Crippen molar-refractivity contribution in [3.63, 3.8) is 0 Å². The number of nitrogens with two attached hydrogens (primary N) is 1. The van der Waals surface area contributed by atoms with Crippen molar-refractivity contribution in [1.82, 2.24) is 4.90 Å². The highest BCUT2D eigenvalue weighted by atomic mass is 16.3. The Bertz CT molecular complexity index is 457. The summed E-state index contributed by atoms with van der Waals surface area (Å²) in [5.74, 6) is 0.354. The summed E-state index contributed by atoms with van der Waals surface area (Å²) in [4.78, 5) is 14.1. The van der Waals surface area contributed by atoms with E-state index in [9.17, 15) is 9.90 Å². The Labute approximate surface area is 107 Å². The lowest BCUT2D eigenvalue weighted by Gasteiger charge is -2.19. The lowest BCUT2D eigenvalue weighted by molar-refractivity contribution is 0.0783. The van der Waals surface area contributed by atoms with Crippen LogP contribution in [0.4, 0.5) is 0 Å². The first-order valence-electron chi connectivity index (χ1n) is 6.34. The van der Waals surface area contributed by atoms with Crippen molar-refractivity contribution in [2.45, 2.75) is 26.3 Å². The van der Waals surface area contributed by atoms with E-state index < -0.39 is 0 Å². The van der Waals surface area contributed by atoms with Crippen LogP contribution < -0.4 is 5.73 Å². The van der Waals surface area contributed by atoms with Crippen LogP contribution in [0.1, 0.15) is 29.3 Å². The Morgan fingerprint density at radius 3 is 2.89 bits per heavy atom. The summed E-state index contributed by atoms with van der Waals surface area (Å²) in [7, 11) is 0. The molecule has 1 aromatic carbocycles. The average Bonchev–Trinajstić information content (AvgIpc) is 2.81. The normalized spacial score (nSPS) is 21.1. The zero-order chi connectivity index (χ0) is 13.3. The number of carbonyl (C=O) groups is 1. The Morgan fingerprint density at radius 1 is 1.56 bits per heavy atom. The number of aryl methyl sites for hydroxylation is 1. The molecule has 0 bridgehead atoms. The van der Waals surface area contributed by atoms with Crippen LogP contribution in [0.15, 0.2) is 18.2 Å². The molecule has 1 aromatic rings. The predicted octanol–water partition coefficient (Wildman–Crippen LogP) is 1.51. The van der Waals surface area contributed by atoms with E-state index in [1.54, 1.807) is 30.0 Å². The maximum Gasteiger partial charge on any atom is 0.257 e. The van der Waals surface area contributed by atoms with E-state index in [4.69, 9.17) is 5.73 Å². The van der Waals surface area contributed by atoms with Gasteiger partial charge in [-0.25, -0.2) is 0 Å². The van der Waals surface area contributed by atoms with Crippen molar-refractivity contribution < 1.29 is 9.90 Å². The molecule has 1 fully saturated rings. The maximum absolute atomic E-state index is 12.3. The summed E-state index contributed by atoms with van der Waals surface area (Å²) in [6.45, 7) is 5.17. The molecule has 0 radical (unpaired) electrons. The molecule has 1 saturated heterocycles. The van der Waals surface area contributed by atoms with Crippen molar-refractivity contribution in [3.8, 4) is 5.75 Å². The van der Waals surface area contributed by atoms with Crippen LogP contribution >= 0.6 is 0 Å². The number of phenols is 1. The van der Waals surface area contributed by atoms with Crippen LogP contribution in [0.5, 0.6) is 5.75 Å². The van der Waals surface area contributed by atoms with Crippen LogP contribution in [-0.2, 0) is 0 Å². The molecule has 2 unspecified atom stereocenters. The van der Waals surface area contributed by atoms with Crippen LogP contribution in [-0.4, -0.2) is 35.0 Å². The van der Waals surface area contributed by atoms with Crippen molar-refractivity contribution in [2.24, 2.45) is 11.7 Å². The number of hydrogen-bond acceptors (Lipinski definition) is 3. The van der Waals surface area contributed by atoms with Crippen LogP contribution in [0.3, 0.4) is 0 Å². The third-order valence-electron chi connectivity index (χ3n) is 3.72. The molecule has 2 rings (SSSR count). The molecule has 1 heterocycles. The number of carbonyl (C=O) groups excluding carboxylic acids is 1. The van der Waals surface area contributed by atoms with Crippen LogP contribution in [0, 0.1) is 12.8 Å². The second-order valence-electron chi connectivity index (χ2n) is 5.13. The third-order valence-corrected chi connectivity index (χ3v) is 3.72. The first-order valence-corrected chi connectivity index (χ1v) is 6.34. The average molecular weight is 248 g/mol. The molecule has 98 valence electrons. The molecule has 1 aliphatic heterocycles. The van der Waals surface area contributed by atoms with Crippen molar-refractivity contribution in [3.05, 3.63) is 29.3 Å². The Kier molecular flexibility index (Phi) is 3.57. The lowest BCUT2D eigenvalue weighted by atomic mass is 10.0. The van der Waals surface area contributed by atoms with Crippen molar-refractivity contribution in [1.29, 1.82) is 0 Å². The van der Waals surface area contributed by atoms with E-state index in [2.05, 4.69) is 0 Å². The van der Waals surface area contributed by atoms with Gasteiger partial charge in [0, 0.05) is 19.1 Å². The maximum atomic E-state index is 12.3. The van der Waals surface area contributed by atoms with E-state index >= 15 is 0 Å². The number of rotatable bonds is 2. The number of likely N-dealkylation sites (tertiary alicyclic amines) is 1. The molecule has 3 N–H and O–H groups in total. The van der Waals surface area contributed by atoms with Gasteiger partial charge < -0.3 is 15.7 Å². The summed E-state index contributed by atoms with van der Waals surface area (Å²) in [6.07, 6.45) is 0.940. The molecule has 4 heteroatoms. The number of amides is 1. The van der Waals surface area contributed by atoms with E-state index in [1.165, 1.54) is 0 Å². The second kappa shape index (κ2) is 4.98. The molecule has 0 aliphatic carbocycles. The highest BCUT2D eigenvalue weighted by molar-refractivity contribution is 5.97. The van der Waals surface area contributed by atoms with Crippen LogP contribution in [0.25, 0.3) is 0 Å². The van der Waals surface area contributed by atoms with Crippen molar-refractivity contribution >= 4 is 5.91 Å². The van der Waals surface area contributed by atoms with Crippen molar-refractivity contribution in [2.75, 3.05) is 13.1 Å². The number of aromatic hydroxyl groups is 1. The quantitative estimate of drug-likeness (QED) is 0.833. The third kappa shape index (κ3) is 2.34. The monoisotopic (exact) mass is 248 g/mol. The zero-order valence-corrected chi connectivity index (χ0v) is 10.9. The fourth-order valence-electron chi connectivity index (χ4n) is 2.40. The first kappa shape index (κ1) is 12.9. The number of phenolic OH excluding ortho intramolecular Hbond substituents is 1. The number of nitrogens with zero attached hydrogens (tertiary/aromatic N) is 1. The SMILES string of the molecule is Cc1cccc(C(=O)N2CCC(C(C)N)C2)c1O. The van der Waals surface area contributed by atoms with Gasteiger partial charge >= 0.3 is 0 Å². The standard InChI is InChI=1S/C14H20N2O2/c1-9-4-3-5-12(13(9)17)14(18)16-7-6-11(8-16)10(2)15/h3-5,10-11,17H,6-8,15H2,1-2H3. The van der Waals surface area contributed by atoms with Gasteiger partial charge in [-0.3, -0.25) is 4.79 Å². The van der Waals surface area contributed by atoms with Gasteiger partial charge in [-0.15, -0.1) is 0 Å². The highest BCUT2D eigenvalue weighted by Gasteiger charge is 2.30. The fourth-order valence-corrected chi connectivity index (χ4v) is 2.40. The van der Waals surface area contributed by atoms with E-state index in [1.807, 2.05) is 6.92 Å². The Morgan fingerprint density at radius 2 is 2.28 bits per heavy atom. The minimum absolute atomic E-state index is 0.0896. The van der Waals surface area contributed by atoms with E-state index in [0.717, 1.165) is 18.5 Å². The second-order valence-corrected chi connectivity index (χ2v) is 5.13. The molecule has 0 saturated carbocycles. The number of hydrogen-bond donors (Lipinski definition) is 2. The Hall–Kier alpha value is -1.55. The Balaban J connectivity index is 2.16. The van der Waals surface area contributed by atoms with Gasteiger partial charge in [0.05, 0.1) is 5.56 Å². The summed E-state index contributed by atoms with van der Waals surface area (Å²) in [6, 6.07) is 5.36. The number of benzene rings is 1. The van der Waals surface area contributed by atoms with Gasteiger partial charge in [0.1, 0.15) is 5.75 Å². The molecule has 2 atom stereocenters. The lowest BCUT2D eigenvalue weighted by Crippen LogP contribution is -2.33. The zero-order valence-electron chi connectivity index (χ0n) is 10.9. The van der Waals surface area contributed by atoms with Gasteiger partial charge in [-0.2, -0.15) is 0 Å². The van der Waals surface area contributed by atoms with Crippen LogP contribution in [0.2, 0.25) is 0 Å². The minimum Gasteiger partial charge on any atom is -0.507 e. The number of para-hydroxylation sites is 1. The van der Waals surface area contributed by atoms with Gasteiger partial charge in [-0.05, 0) is 37.8 Å². The molecule has 0 spiro atoms. The molecule has 1 aliphatic rings. The largest absolute Gasteiger partial charge is 0.507 e. The highest BCUT2D eigenvalue weighted by Crippen LogP contribution is 2.26. The smallest absolute Gasteiger partial charge is 0.257 e. The molecule has 18 heavy (non-hydrogen) atoms. The molecule has 1 amide bonds. The molecule has 0 aromatic heterocycles. The molecular formula is C14H20N2O2. The molecular weight excluding hydrogens is 228 g/mol. The summed E-state index contributed by atoms with van der Waals surface area (Å²) < 4.78 is 0. The summed E-state index contributed by atoms with van der Waals surface area (Å²) >= 11 is 0. The van der Waals surface area contributed by atoms with E-state index in [-0.39, 0.29) is 17.7 Å². The predicted molar refractivity (Wildman–Crippen MR) is 70.5 cm³/mol. The van der Waals surface area contributed by atoms with Gasteiger partial charge in [0.2, 0.25) is 0 Å². The summed E-state index contributed by atoms with van der Waals surface area (Å²) in [5.41, 5.74) is 6.98. The van der Waals surface area contributed by atoms with Gasteiger partial charge in [-0.1, -0.05) is 12.1 Å². The topological polar surface area (TPSA) is 66.6 Å². The van der Waals surface area contributed by atoms with E-state index in [0.29, 0.717) is 18.0 Å². The minimum atomic E-state index is -0.0978. The summed E-state index contributed by atoms with van der Waals surface area (Å²) in [5, 5.41) is 9.93. The molecule has 4 nitrogen and oxygen atoms in total. The van der Waals surface area contributed by atoms with Gasteiger partial charge in [0.15, 0.2) is 0 Å².